The number of nitrogens with one attached hydrogen (secondary N) is 2. The lowest BCUT2D eigenvalue weighted by atomic mass is 10.1. The van der Waals surface area contributed by atoms with Crippen molar-refractivity contribution in [3.05, 3.63) is 65.2 Å². The summed E-state index contributed by atoms with van der Waals surface area (Å²) in [5.41, 5.74) is 3.12. The lowest BCUT2D eigenvalue weighted by Crippen LogP contribution is -2.28. The first kappa shape index (κ1) is 18.7. The Labute approximate surface area is 148 Å². The normalized spacial score (nSPS) is 10.3. The summed E-state index contributed by atoms with van der Waals surface area (Å²) >= 11 is 0. The number of rotatable bonds is 8. The summed E-state index contributed by atoms with van der Waals surface area (Å²) in [4.78, 5) is 24.5. The van der Waals surface area contributed by atoms with Gasteiger partial charge in [0.25, 0.3) is 5.91 Å². The van der Waals surface area contributed by atoms with Crippen molar-refractivity contribution in [3.8, 4) is 0 Å². The minimum Gasteiger partial charge on any atom is -0.383 e. The van der Waals surface area contributed by atoms with E-state index in [4.69, 9.17) is 4.74 Å². The number of hydrogen-bond donors (Lipinski definition) is 2. The Morgan fingerprint density at radius 2 is 1.68 bits per heavy atom. The van der Waals surface area contributed by atoms with Gasteiger partial charge in [-0.3, -0.25) is 9.59 Å². The number of benzene rings is 2. The van der Waals surface area contributed by atoms with Crippen LogP contribution < -0.4 is 10.6 Å². The second-order valence-electron chi connectivity index (χ2n) is 5.69. The molecule has 0 bridgehead atoms. The van der Waals surface area contributed by atoms with Gasteiger partial charge in [0.1, 0.15) is 0 Å². The molecule has 0 aliphatic heterocycles. The van der Waals surface area contributed by atoms with Gasteiger partial charge in [-0.15, -0.1) is 0 Å². The van der Waals surface area contributed by atoms with Crippen molar-refractivity contribution in [1.82, 2.24) is 5.32 Å². The molecule has 0 saturated heterocycles. The fraction of sp³-hybridized carbons (Fsp3) is 0.300. The quantitative estimate of drug-likeness (QED) is 0.726. The maximum atomic E-state index is 12.3. The minimum atomic E-state index is -0.236. The number of anilines is 1. The molecule has 0 spiro atoms. The summed E-state index contributed by atoms with van der Waals surface area (Å²) in [7, 11) is 1.58. The van der Waals surface area contributed by atoms with Crippen LogP contribution >= 0.6 is 0 Å². The molecule has 2 N–H and O–H groups in total. The van der Waals surface area contributed by atoms with Gasteiger partial charge in [-0.2, -0.15) is 0 Å². The monoisotopic (exact) mass is 340 g/mol. The van der Waals surface area contributed by atoms with Gasteiger partial charge in [-0.25, -0.2) is 0 Å². The van der Waals surface area contributed by atoms with E-state index in [2.05, 4.69) is 17.6 Å². The molecule has 0 saturated carbocycles. The van der Waals surface area contributed by atoms with Crippen molar-refractivity contribution in [2.75, 3.05) is 25.6 Å². The summed E-state index contributed by atoms with van der Waals surface area (Å²) in [5, 5.41) is 5.59. The topological polar surface area (TPSA) is 67.4 Å². The number of ether oxygens (including phenoxy) is 1. The summed E-state index contributed by atoms with van der Waals surface area (Å²) in [6, 6.07) is 14.9. The van der Waals surface area contributed by atoms with Crippen molar-refractivity contribution < 1.29 is 14.3 Å². The summed E-state index contributed by atoms with van der Waals surface area (Å²) < 4.78 is 4.92. The standard InChI is InChI=1S/C20H24N2O3/c1-3-15-8-10-16(11-9-15)14-19(23)22-18-7-5-4-6-17(18)20(24)21-12-13-25-2/h4-11H,3,12-14H2,1-2H3,(H,21,24)(H,22,23). The van der Waals surface area contributed by atoms with Crippen LogP contribution in [0.1, 0.15) is 28.4 Å². The highest BCUT2D eigenvalue weighted by Gasteiger charge is 2.13. The number of hydrogen-bond acceptors (Lipinski definition) is 3. The van der Waals surface area contributed by atoms with Crippen molar-refractivity contribution in [3.63, 3.8) is 0 Å². The lowest BCUT2D eigenvalue weighted by Gasteiger charge is -2.11. The average Bonchev–Trinajstić information content (AvgIpc) is 2.63. The zero-order chi connectivity index (χ0) is 18.1. The first-order valence-corrected chi connectivity index (χ1v) is 8.38. The number of amides is 2. The van der Waals surface area contributed by atoms with Crippen LogP contribution in [0.4, 0.5) is 5.69 Å². The van der Waals surface area contributed by atoms with Crippen molar-refractivity contribution in [2.45, 2.75) is 19.8 Å². The third-order valence-corrected chi connectivity index (χ3v) is 3.83. The van der Waals surface area contributed by atoms with E-state index in [1.165, 1.54) is 5.56 Å². The van der Waals surface area contributed by atoms with Gasteiger partial charge >= 0.3 is 0 Å². The maximum Gasteiger partial charge on any atom is 0.253 e. The Bertz CT molecular complexity index is 711. The third-order valence-electron chi connectivity index (χ3n) is 3.83. The Kier molecular flexibility index (Phi) is 7.16. The maximum absolute atomic E-state index is 12.3. The van der Waals surface area contributed by atoms with Crippen molar-refractivity contribution in [2.24, 2.45) is 0 Å². The Hall–Kier alpha value is -2.66. The molecule has 0 unspecified atom stereocenters. The van der Waals surface area contributed by atoms with Crippen LogP contribution in [0.3, 0.4) is 0 Å². The van der Waals surface area contributed by atoms with Gasteiger partial charge in [0.15, 0.2) is 0 Å². The predicted octanol–water partition coefficient (Wildman–Crippen LogP) is 2.81. The largest absolute Gasteiger partial charge is 0.383 e. The molecule has 0 aliphatic carbocycles. The van der Waals surface area contributed by atoms with E-state index < -0.39 is 0 Å². The molecule has 2 aromatic carbocycles. The highest BCUT2D eigenvalue weighted by atomic mass is 16.5. The van der Waals surface area contributed by atoms with Crippen LogP contribution in [0, 0.1) is 0 Å². The van der Waals surface area contributed by atoms with E-state index in [9.17, 15) is 9.59 Å². The number of aryl methyl sites for hydroxylation is 1. The molecular formula is C20H24N2O3. The Balaban J connectivity index is 2.01. The van der Waals surface area contributed by atoms with Crippen LogP contribution in [0.2, 0.25) is 0 Å². The van der Waals surface area contributed by atoms with E-state index in [0.717, 1.165) is 12.0 Å². The zero-order valence-electron chi connectivity index (χ0n) is 14.7. The number of carbonyl (C=O) groups excluding carboxylic acids is 2. The second-order valence-corrected chi connectivity index (χ2v) is 5.69. The molecule has 0 heterocycles. The van der Waals surface area contributed by atoms with Gasteiger partial charge in [-0.1, -0.05) is 43.3 Å². The number of para-hydroxylation sites is 1. The van der Waals surface area contributed by atoms with Crippen molar-refractivity contribution >= 4 is 17.5 Å². The van der Waals surface area contributed by atoms with E-state index >= 15 is 0 Å². The van der Waals surface area contributed by atoms with Gasteiger partial charge in [0.2, 0.25) is 5.91 Å². The molecule has 2 aromatic rings. The van der Waals surface area contributed by atoms with Gasteiger partial charge in [0, 0.05) is 13.7 Å². The van der Waals surface area contributed by atoms with Crippen molar-refractivity contribution in [1.29, 1.82) is 0 Å². The van der Waals surface area contributed by atoms with Crippen LogP contribution in [-0.2, 0) is 22.4 Å². The Morgan fingerprint density at radius 1 is 1.00 bits per heavy atom. The fourth-order valence-electron chi connectivity index (χ4n) is 2.42. The molecule has 0 fully saturated rings. The van der Waals surface area contributed by atoms with E-state index in [0.29, 0.717) is 24.4 Å². The van der Waals surface area contributed by atoms with Crippen LogP contribution in [0.25, 0.3) is 0 Å². The van der Waals surface area contributed by atoms with E-state index in [1.807, 2.05) is 24.3 Å². The van der Waals surface area contributed by atoms with Gasteiger partial charge < -0.3 is 15.4 Å². The highest BCUT2D eigenvalue weighted by molar-refractivity contribution is 6.04. The van der Waals surface area contributed by atoms with Gasteiger partial charge in [0.05, 0.1) is 24.3 Å². The lowest BCUT2D eigenvalue weighted by molar-refractivity contribution is -0.115. The first-order chi connectivity index (χ1) is 12.1. The SMILES string of the molecule is CCc1ccc(CC(=O)Nc2ccccc2C(=O)NCCOC)cc1. The summed E-state index contributed by atoms with van der Waals surface area (Å²) in [5.74, 6) is -0.387. The number of methoxy groups -OCH3 is 1. The van der Waals surface area contributed by atoms with E-state index in [-0.39, 0.29) is 18.2 Å². The Morgan fingerprint density at radius 3 is 2.36 bits per heavy atom. The van der Waals surface area contributed by atoms with Crippen LogP contribution in [0.5, 0.6) is 0 Å². The van der Waals surface area contributed by atoms with E-state index in [1.54, 1.807) is 31.4 Å². The highest BCUT2D eigenvalue weighted by Crippen LogP contribution is 2.16. The molecule has 5 heteroatoms. The minimum absolute atomic E-state index is 0.151. The first-order valence-electron chi connectivity index (χ1n) is 8.38. The second kappa shape index (κ2) is 9.59. The average molecular weight is 340 g/mol. The molecule has 2 amide bonds. The number of carbonyl (C=O) groups is 2. The molecule has 0 aliphatic rings. The summed E-state index contributed by atoms with van der Waals surface area (Å²) in [6.45, 7) is 2.95. The molecule has 0 radical (unpaired) electrons. The molecule has 132 valence electrons. The van der Waals surface area contributed by atoms with Gasteiger partial charge in [-0.05, 0) is 29.7 Å². The predicted molar refractivity (Wildman–Crippen MR) is 98.8 cm³/mol. The summed E-state index contributed by atoms with van der Waals surface area (Å²) in [6.07, 6.45) is 1.24. The molecule has 2 rings (SSSR count). The van der Waals surface area contributed by atoms with Crippen LogP contribution in [-0.4, -0.2) is 32.1 Å². The molecular weight excluding hydrogens is 316 g/mol. The zero-order valence-corrected chi connectivity index (χ0v) is 14.7. The molecule has 0 aromatic heterocycles. The molecule has 25 heavy (non-hydrogen) atoms. The smallest absolute Gasteiger partial charge is 0.253 e. The fourth-order valence-corrected chi connectivity index (χ4v) is 2.42. The third kappa shape index (κ3) is 5.72. The molecule has 5 nitrogen and oxygen atoms in total. The van der Waals surface area contributed by atoms with Crippen LogP contribution in [0.15, 0.2) is 48.5 Å². The molecule has 0 atom stereocenters.